The number of aromatic nitrogens is 2. The number of hydrazine groups is 1. The highest BCUT2D eigenvalue weighted by Crippen LogP contribution is 2.36. The molecule has 0 spiro atoms. The lowest BCUT2D eigenvalue weighted by atomic mass is 10.2. The minimum atomic E-state index is -0.203. The van der Waals surface area contributed by atoms with Crippen molar-refractivity contribution in [3.8, 4) is 0 Å². The number of carbonyl (C=O) groups excluding carboxylic acids is 1. The Morgan fingerprint density at radius 2 is 1.79 bits per heavy atom. The van der Waals surface area contributed by atoms with Crippen LogP contribution in [0.15, 0.2) is 28.7 Å². The van der Waals surface area contributed by atoms with Gasteiger partial charge in [0, 0.05) is 51.4 Å². The summed E-state index contributed by atoms with van der Waals surface area (Å²) in [6, 6.07) is -0.0284. The van der Waals surface area contributed by atoms with Crippen LogP contribution in [0.5, 0.6) is 0 Å². The Morgan fingerprint density at radius 3 is 2.43 bits per heavy atom. The van der Waals surface area contributed by atoms with Gasteiger partial charge in [-0.1, -0.05) is 0 Å². The van der Waals surface area contributed by atoms with E-state index in [0.29, 0.717) is 13.1 Å². The molecule has 1 unspecified atom stereocenters. The Bertz CT molecular complexity index is 772. The molecular formula is C19H28N8O. The summed E-state index contributed by atoms with van der Waals surface area (Å²) in [5.41, 5.74) is 0. The van der Waals surface area contributed by atoms with E-state index in [2.05, 4.69) is 9.88 Å². The molecule has 1 aromatic heterocycles. The van der Waals surface area contributed by atoms with Gasteiger partial charge in [-0.05, 0) is 37.5 Å². The second-order valence-electron chi connectivity index (χ2n) is 8.40. The highest BCUT2D eigenvalue weighted by atomic mass is 16.2. The Morgan fingerprint density at radius 1 is 1.07 bits per heavy atom. The van der Waals surface area contributed by atoms with Crippen molar-refractivity contribution in [2.45, 2.75) is 44.8 Å². The van der Waals surface area contributed by atoms with E-state index in [1.54, 1.807) is 23.7 Å². The number of aliphatic imine (C=N–C) groups is 2. The lowest BCUT2D eigenvalue weighted by Gasteiger charge is -2.42. The molecule has 4 aliphatic rings. The fourth-order valence-corrected chi connectivity index (χ4v) is 3.91. The van der Waals surface area contributed by atoms with Gasteiger partial charge in [0.2, 0.25) is 0 Å². The average Bonchev–Trinajstić information content (AvgIpc) is 3.64. The maximum absolute atomic E-state index is 12.5. The van der Waals surface area contributed by atoms with Crippen molar-refractivity contribution in [2.24, 2.45) is 27.7 Å². The number of hydrogen-bond donors (Lipinski definition) is 1. The number of hydrogen-bond acceptors (Lipinski definition) is 7. The molecule has 2 saturated carbocycles. The third kappa shape index (κ3) is 3.81. The Balaban J connectivity index is 1.26. The van der Waals surface area contributed by atoms with Crippen molar-refractivity contribution in [3.05, 3.63) is 18.7 Å². The molecule has 9 heteroatoms. The van der Waals surface area contributed by atoms with Crippen LogP contribution in [-0.2, 0) is 0 Å². The van der Waals surface area contributed by atoms with Crippen LogP contribution in [-0.4, -0.2) is 74.5 Å². The van der Waals surface area contributed by atoms with E-state index >= 15 is 0 Å². The minimum Gasteiger partial charge on any atom is -0.321 e. The van der Waals surface area contributed by atoms with E-state index in [-0.39, 0.29) is 12.3 Å². The molecule has 1 amide bonds. The van der Waals surface area contributed by atoms with Crippen LogP contribution < -0.4 is 5.84 Å². The summed E-state index contributed by atoms with van der Waals surface area (Å²) in [4.78, 5) is 30.3. The first-order valence-corrected chi connectivity index (χ1v) is 10.4. The Kier molecular flexibility index (Phi) is 4.64. The van der Waals surface area contributed by atoms with Gasteiger partial charge in [0.15, 0.2) is 6.29 Å². The number of carbonyl (C=O) groups is 1. The van der Waals surface area contributed by atoms with Crippen LogP contribution in [0.4, 0.5) is 4.79 Å². The van der Waals surface area contributed by atoms with Crippen LogP contribution in [0.3, 0.4) is 0 Å². The average molecular weight is 384 g/mol. The van der Waals surface area contributed by atoms with Gasteiger partial charge in [0.1, 0.15) is 18.0 Å². The number of nitrogens with two attached hydrogens (primary N) is 1. The molecule has 0 radical (unpaired) electrons. The summed E-state index contributed by atoms with van der Waals surface area (Å²) in [7, 11) is 0. The molecule has 1 aromatic rings. The summed E-state index contributed by atoms with van der Waals surface area (Å²) >= 11 is 0. The van der Waals surface area contributed by atoms with Crippen molar-refractivity contribution in [1.29, 1.82) is 0 Å². The summed E-state index contributed by atoms with van der Waals surface area (Å²) in [6.45, 7) is 2.80. The monoisotopic (exact) mass is 384 g/mol. The molecular weight excluding hydrogens is 356 g/mol. The van der Waals surface area contributed by atoms with Crippen LogP contribution in [0.2, 0.25) is 0 Å². The van der Waals surface area contributed by atoms with Gasteiger partial charge in [-0.25, -0.2) is 25.6 Å². The van der Waals surface area contributed by atoms with Crippen LogP contribution in [0.25, 0.3) is 0 Å². The maximum Gasteiger partial charge on any atom is 0.329 e. The highest BCUT2D eigenvalue weighted by molar-refractivity contribution is 5.99. The smallest absolute Gasteiger partial charge is 0.321 e. The first-order chi connectivity index (χ1) is 13.7. The lowest BCUT2D eigenvalue weighted by Crippen LogP contribution is -2.60. The number of imidazole rings is 1. The minimum absolute atomic E-state index is 0.0284. The fraction of sp³-hybridized carbons (Fsp3) is 0.684. The van der Waals surface area contributed by atoms with Gasteiger partial charge in [-0.3, -0.25) is 14.5 Å². The molecule has 2 N–H and O–H groups in total. The summed E-state index contributed by atoms with van der Waals surface area (Å²) in [5, 5.41) is 1.77. The van der Waals surface area contributed by atoms with E-state index < -0.39 is 0 Å². The van der Waals surface area contributed by atoms with Crippen LogP contribution in [0, 0.1) is 11.8 Å². The molecule has 5 rings (SSSR count). The van der Waals surface area contributed by atoms with Crippen molar-refractivity contribution in [3.63, 3.8) is 0 Å². The van der Waals surface area contributed by atoms with Crippen LogP contribution >= 0.6 is 0 Å². The molecule has 28 heavy (non-hydrogen) atoms. The topological polar surface area (TPSA) is 95.4 Å². The molecule has 1 atom stereocenters. The first-order valence-electron chi connectivity index (χ1n) is 10.4. The molecule has 2 aliphatic carbocycles. The van der Waals surface area contributed by atoms with E-state index in [1.165, 1.54) is 30.3 Å². The van der Waals surface area contributed by atoms with E-state index in [4.69, 9.17) is 15.8 Å². The maximum atomic E-state index is 12.5. The largest absolute Gasteiger partial charge is 0.329 e. The third-order valence-electron chi connectivity index (χ3n) is 6.04. The van der Waals surface area contributed by atoms with Crippen molar-refractivity contribution in [2.75, 3.05) is 26.2 Å². The molecule has 0 bridgehead atoms. The number of nitrogens with zero attached hydrogens (tertiary/aromatic N) is 7. The lowest BCUT2D eigenvalue weighted by molar-refractivity contribution is 0.0515. The van der Waals surface area contributed by atoms with E-state index in [9.17, 15) is 4.79 Å². The normalized spacial score (nSPS) is 26.2. The van der Waals surface area contributed by atoms with E-state index in [1.807, 2.05) is 4.90 Å². The van der Waals surface area contributed by atoms with Gasteiger partial charge in [0.25, 0.3) is 0 Å². The zero-order chi connectivity index (χ0) is 19.1. The second-order valence-corrected chi connectivity index (χ2v) is 8.40. The standard InChI is InChI=1S/C19H28N8O/c20-27-17(12-15-3-4-15)22-16(11-14-1-2-14)23-18(27)24-7-9-25(10-8-24)19(28)26-6-5-21-13-26/h5-6,13-15,18H,1-4,7-12,20H2. The quantitative estimate of drug-likeness (QED) is 0.773. The van der Waals surface area contributed by atoms with Crippen molar-refractivity contribution in [1.82, 2.24) is 24.4 Å². The SMILES string of the molecule is NN1C(CC2CC2)=NC(CC2CC2)=NC1N1CCN(C(=O)n2ccnc2)CC1. The third-order valence-corrected chi connectivity index (χ3v) is 6.04. The number of rotatable bonds is 5. The number of piperazine rings is 1. The molecule has 0 aromatic carbocycles. The van der Waals surface area contributed by atoms with Gasteiger partial charge in [-0.2, -0.15) is 0 Å². The zero-order valence-corrected chi connectivity index (χ0v) is 16.2. The molecule has 2 aliphatic heterocycles. The summed E-state index contributed by atoms with van der Waals surface area (Å²) in [6.07, 6.45) is 11.7. The Hall–Kier alpha value is -2.26. The molecule has 1 saturated heterocycles. The van der Waals surface area contributed by atoms with Crippen LogP contribution in [0.1, 0.15) is 38.5 Å². The summed E-state index contributed by atoms with van der Waals surface area (Å²) in [5.74, 6) is 9.89. The van der Waals surface area contributed by atoms with Gasteiger partial charge < -0.3 is 4.90 Å². The molecule has 150 valence electrons. The van der Waals surface area contributed by atoms with Crippen molar-refractivity contribution < 1.29 is 4.79 Å². The van der Waals surface area contributed by atoms with Gasteiger partial charge >= 0.3 is 6.03 Å². The molecule has 3 fully saturated rings. The second kappa shape index (κ2) is 7.29. The summed E-state index contributed by atoms with van der Waals surface area (Å²) < 4.78 is 1.53. The highest BCUT2D eigenvalue weighted by Gasteiger charge is 2.36. The fourth-order valence-electron chi connectivity index (χ4n) is 3.91. The molecule has 3 heterocycles. The predicted octanol–water partition coefficient (Wildman–Crippen LogP) is 1.34. The zero-order valence-electron chi connectivity index (χ0n) is 16.2. The Labute approximate surface area is 164 Å². The first kappa shape index (κ1) is 17.8. The van der Waals surface area contributed by atoms with Crippen molar-refractivity contribution >= 4 is 17.7 Å². The van der Waals surface area contributed by atoms with Gasteiger partial charge in [-0.15, -0.1) is 0 Å². The molecule has 9 nitrogen and oxygen atoms in total. The van der Waals surface area contributed by atoms with Gasteiger partial charge in [0.05, 0.1) is 0 Å². The van der Waals surface area contributed by atoms with E-state index in [0.717, 1.165) is 49.4 Å². The predicted molar refractivity (Wildman–Crippen MR) is 106 cm³/mol. The number of amidine groups is 2. The number of amides is 1.